The molecule has 4 bridgehead atoms. The minimum absolute atomic E-state index is 0.624. The van der Waals surface area contributed by atoms with Crippen LogP contribution in [0.1, 0.15) is 44.1 Å². The molecule has 1 aromatic rings. The number of aromatic nitrogens is 2. The zero-order valence-electron chi connectivity index (χ0n) is 10.3. The van der Waals surface area contributed by atoms with Gasteiger partial charge in [-0.2, -0.15) is 0 Å². The average Bonchev–Trinajstić information content (AvgIpc) is 2.27. The molecule has 0 aliphatic heterocycles. The zero-order valence-corrected chi connectivity index (χ0v) is 10.3. The molecule has 0 amide bonds. The molecule has 1 heterocycles. The summed E-state index contributed by atoms with van der Waals surface area (Å²) in [6.07, 6.45) is 16.0. The standard InChI is InChI=1S/C15H20N2/c1-11-2-13-3-12(1)5-15(4-11,6-13)7-14-8-16-10-17-9-14/h8-13H,1-7H2. The van der Waals surface area contributed by atoms with Gasteiger partial charge in [-0.3, -0.25) is 0 Å². The monoisotopic (exact) mass is 228 g/mol. The first-order valence-corrected chi connectivity index (χ1v) is 7.05. The summed E-state index contributed by atoms with van der Waals surface area (Å²) in [4.78, 5) is 8.34. The van der Waals surface area contributed by atoms with Gasteiger partial charge in [0.15, 0.2) is 0 Å². The maximum atomic E-state index is 4.17. The Morgan fingerprint density at radius 3 is 2.00 bits per heavy atom. The number of hydrogen-bond donors (Lipinski definition) is 0. The van der Waals surface area contributed by atoms with Crippen molar-refractivity contribution >= 4 is 0 Å². The smallest absolute Gasteiger partial charge is 0.115 e. The van der Waals surface area contributed by atoms with E-state index in [4.69, 9.17) is 0 Å². The van der Waals surface area contributed by atoms with Crippen molar-refractivity contribution in [3.63, 3.8) is 0 Å². The molecule has 4 aliphatic carbocycles. The van der Waals surface area contributed by atoms with Gasteiger partial charge in [-0.05, 0) is 73.7 Å². The Morgan fingerprint density at radius 2 is 1.47 bits per heavy atom. The lowest BCUT2D eigenvalue weighted by Gasteiger charge is -2.57. The Morgan fingerprint density at radius 1 is 0.941 bits per heavy atom. The van der Waals surface area contributed by atoms with Crippen LogP contribution in [0.15, 0.2) is 18.7 Å². The van der Waals surface area contributed by atoms with Gasteiger partial charge in [-0.15, -0.1) is 0 Å². The van der Waals surface area contributed by atoms with E-state index in [2.05, 4.69) is 9.97 Å². The fraction of sp³-hybridized carbons (Fsp3) is 0.733. The molecule has 0 spiro atoms. The van der Waals surface area contributed by atoms with Crippen molar-refractivity contribution < 1.29 is 0 Å². The van der Waals surface area contributed by atoms with Crippen molar-refractivity contribution in [3.8, 4) is 0 Å². The van der Waals surface area contributed by atoms with E-state index in [1.807, 2.05) is 12.4 Å². The highest BCUT2D eigenvalue weighted by Crippen LogP contribution is 2.60. The molecule has 90 valence electrons. The molecule has 4 aliphatic rings. The highest BCUT2D eigenvalue weighted by atomic mass is 14.8. The van der Waals surface area contributed by atoms with Gasteiger partial charge in [0.25, 0.3) is 0 Å². The van der Waals surface area contributed by atoms with Crippen molar-refractivity contribution in [1.82, 2.24) is 9.97 Å². The molecule has 0 atom stereocenters. The van der Waals surface area contributed by atoms with E-state index in [0.717, 1.165) is 17.8 Å². The largest absolute Gasteiger partial charge is 0.245 e. The zero-order chi connectivity index (χ0) is 11.3. The summed E-state index contributed by atoms with van der Waals surface area (Å²) in [6.45, 7) is 0. The Kier molecular flexibility index (Phi) is 2.09. The molecule has 0 N–H and O–H groups in total. The molecule has 2 heteroatoms. The van der Waals surface area contributed by atoms with Crippen LogP contribution < -0.4 is 0 Å². The first kappa shape index (κ1) is 10.0. The molecule has 17 heavy (non-hydrogen) atoms. The summed E-state index contributed by atoms with van der Waals surface area (Å²) in [6, 6.07) is 0. The molecular formula is C15H20N2. The Labute approximate surface area is 103 Å². The lowest BCUT2D eigenvalue weighted by atomic mass is 9.48. The van der Waals surface area contributed by atoms with Crippen LogP contribution in [0, 0.1) is 23.2 Å². The van der Waals surface area contributed by atoms with Gasteiger partial charge in [0.05, 0.1) is 0 Å². The molecule has 0 unspecified atom stereocenters. The quantitative estimate of drug-likeness (QED) is 0.776. The van der Waals surface area contributed by atoms with Crippen molar-refractivity contribution in [2.24, 2.45) is 23.2 Å². The molecule has 0 saturated heterocycles. The predicted molar refractivity (Wildman–Crippen MR) is 66.3 cm³/mol. The summed E-state index contributed by atoms with van der Waals surface area (Å²) in [7, 11) is 0. The normalized spacial score (nSPS) is 42.9. The molecular weight excluding hydrogens is 208 g/mol. The van der Waals surface area contributed by atoms with Crippen LogP contribution in [0.5, 0.6) is 0 Å². The van der Waals surface area contributed by atoms with E-state index >= 15 is 0 Å². The Balaban J connectivity index is 1.61. The highest BCUT2D eigenvalue weighted by Gasteiger charge is 2.50. The second kappa shape index (κ2) is 3.54. The van der Waals surface area contributed by atoms with Gasteiger partial charge in [0.1, 0.15) is 6.33 Å². The fourth-order valence-corrected chi connectivity index (χ4v) is 5.36. The SMILES string of the molecule is c1ncc(CC23CC4CC(CC(C4)C2)C3)cn1. The minimum Gasteiger partial charge on any atom is -0.245 e. The summed E-state index contributed by atoms with van der Waals surface area (Å²) in [5.41, 5.74) is 1.98. The van der Waals surface area contributed by atoms with Gasteiger partial charge >= 0.3 is 0 Å². The van der Waals surface area contributed by atoms with Crippen LogP contribution in [0.25, 0.3) is 0 Å². The molecule has 0 aromatic carbocycles. The van der Waals surface area contributed by atoms with Crippen LogP contribution in [0.3, 0.4) is 0 Å². The number of nitrogens with zero attached hydrogens (tertiary/aromatic N) is 2. The second-order valence-electron chi connectivity index (χ2n) is 6.84. The lowest BCUT2D eigenvalue weighted by Crippen LogP contribution is -2.47. The fourth-order valence-electron chi connectivity index (χ4n) is 5.36. The Bertz CT molecular complexity index is 377. The third kappa shape index (κ3) is 1.69. The number of hydrogen-bond acceptors (Lipinski definition) is 2. The minimum atomic E-state index is 0.624. The predicted octanol–water partition coefficient (Wildman–Crippen LogP) is 3.24. The summed E-state index contributed by atoms with van der Waals surface area (Å²) < 4.78 is 0. The molecule has 0 radical (unpaired) electrons. The van der Waals surface area contributed by atoms with Crippen molar-refractivity contribution in [3.05, 3.63) is 24.3 Å². The van der Waals surface area contributed by atoms with Crippen LogP contribution >= 0.6 is 0 Å². The number of rotatable bonds is 2. The average molecular weight is 228 g/mol. The van der Waals surface area contributed by atoms with Gasteiger partial charge in [0, 0.05) is 12.4 Å². The maximum absolute atomic E-state index is 4.17. The highest BCUT2D eigenvalue weighted by molar-refractivity contribution is 5.11. The maximum Gasteiger partial charge on any atom is 0.115 e. The summed E-state index contributed by atoms with van der Waals surface area (Å²) in [5, 5.41) is 0. The third-order valence-corrected chi connectivity index (χ3v) is 5.36. The van der Waals surface area contributed by atoms with Crippen molar-refractivity contribution in [2.45, 2.75) is 44.9 Å². The second-order valence-corrected chi connectivity index (χ2v) is 6.84. The molecule has 2 nitrogen and oxygen atoms in total. The summed E-state index contributed by atoms with van der Waals surface area (Å²) >= 11 is 0. The molecule has 1 aromatic heterocycles. The van der Waals surface area contributed by atoms with E-state index in [0.29, 0.717) is 5.41 Å². The van der Waals surface area contributed by atoms with Crippen molar-refractivity contribution in [2.75, 3.05) is 0 Å². The third-order valence-electron chi connectivity index (χ3n) is 5.36. The summed E-state index contributed by atoms with van der Waals surface area (Å²) in [5.74, 6) is 3.14. The van der Waals surface area contributed by atoms with Crippen LogP contribution in [0.4, 0.5) is 0 Å². The topological polar surface area (TPSA) is 25.8 Å². The van der Waals surface area contributed by atoms with Gasteiger partial charge in [-0.1, -0.05) is 0 Å². The first-order chi connectivity index (χ1) is 8.31. The molecule has 4 fully saturated rings. The van der Waals surface area contributed by atoms with Crippen molar-refractivity contribution in [1.29, 1.82) is 0 Å². The van der Waals surface area contributed by atoms with Gasteiger partial charge in [-0.25, -0.2) is 9.97 Å². The van der Waals surface area contributed by atoms with E-state index < -0.39 is 0 Å². The van der Waals surface area contributed by atoms with E-state index in [-0.39, 0.29) is 0 Å². The first-order valence-electron chi connectivity index (χ1n) is 7.05. The molecule has 5 rings (SSSR count). The van der Waals surface area contributed by atoms with E-state index in [1.54, 1.807) is 6.33 Å². The van der Waals surface area contributed by atoms with Crippen LogP contribution in [-0.2, 0) is 6.42 Å². The van der Waals surface area contributed by atoms with Crippen LogP contribution in [0.2, 0.25) is 0 Å². The van der Waals surface area contributed by atoms with E-state index in [1.165, 1.54) is 50.5 Å². The van der Waals surface area contributed by atoms with Gasteiger partial charge < -0.3 is 0 Å². The van der Waals surface area contributed by atoms with Crippen LogP contribution in [-0.4, -0.2) is 9.97 Å². The van der Waals surface area contributed by atoms with Gasteiger partial charge in [0.2, 0.25) is 0 Å². The van der Waals surface area contributed by atoms with E-state index in [9.17, 15) is 0 Å². The Hall–Kier alpha value is -0.920. The lowest BCUT2D eigenvalue weighted by molar-refractivity contribution is -0.0522. The molecule has 4 saturated carbocycles.